The molecular formula is C13H25NO3. The molecule has 1 unspecified atom stereocenters. The first kappa shape index (κ1) is 13.3. The number of hydrogen-bond acceptors (Lipinski definition) is 4. The molecule has 0 aromatic rings. The summed E-state index contributed by atoms with van der Waals surface area (Å²) in [5.41, 5.74) is -0.0885. The number of aliphatic hydroxyl groups is 1. The molecule has 0 radical (unpaired) electrons. The Morgan fingerprint density at radius 1 is 1.24 bits per heavy atom. The van der Waals surface area contributed by atoms with Gasteiger partial charge in [-0.15, -0.1) is 0 Å². The zero-order valence-corrected chi connectivity index (χ0v) is 10.6. The highest BCUT2D eigenvalue weighted by Crippen LogP contribution is 2.21. The van der Waals surface area contributed by atoms with Crippen molar-refractivity contribution in [3.8, 4) is 0 Å². The molecule has 4 heteroatoms. The zero-order valence-electron chi connectivity index (χ0n) is 10.6. The van der Waals surface area contributed by atoms with Gasteiger partial charge in [-0.3, -0.25) is 0 Å². The van der Waals surface area contributed by atoms with Crippen LogP contribution in [0, 0.1) is 0 Å². The molecule has 0 bridgehead atoms. The third kappa shape index (κ3) is 3.91. The summed E-state index contributed by atoms with van der Waals surface area (Å²) in [5.74, 6) is 0. The number of ether oxygens (including phenoxy) is 2. The SMILES string of the molecule is OCC1(NCCCC2CCCO2)CCOCC1. The Balaban J connectivity index is 1.61. The van der Waals surface area contributed by atoms with Gasteiger partial charge < -0.3 is 19.9 Å². The van der Waals surface area contributed by atoms with E-state index in [9.17, 15) is 5.11 Å². The van der Waals surface area contributed by atoms with Crippen LogP contribution in [0.3, 0.4) is 0 Å². The maximum atomic E-state index is 9.51. The average Bonchev–Trinajstić information content (AvgIpc) is 2.89. The predicted octanol–water partition coefficient (Wildman–Crippen LogP) is 1.08. The van der Waals surface area contributed by atoms with Crippen LogP contribution in [0.5, 0.6) is 0 Å². The van der Waals surface area contributed by atoms with Crippen molar-refractivity contribution in [2.75, 3.05) is 33.0 Å². The van der Waals surface area contributed by atoms with E-state index in [1.165, 1.54) is 12.8 Å². The van der Waals surface area contributed by atoms with Gasteiger partial charge in [0.25, 0.3) is 0 Å². The lowest BCUT2D eigenvalue weighted by molar-refractivity contribution is 0.0114. The quantitative estimate of drug-likeness (QED) is 0.685. The predicted molar refractivity (Wildman–Crippen MR) is 66.1 cm³/mol. The first-order chi connectivity index (χ1) is 8.35. The zero-order chi connectivity index (χ0) is 12.0. The van der Waals surface area contributed by atoms with E-state index in [-0.39, 0.29) is 12.1 Å². The summed E-state index contributed by atoms with van der Waals surface area (Å²) in [4.78, 5) is 0. The molecule has 0 aromatic heterocycles. The maximum absolute atomic E-state index is 9.51. The number of hydrogen-bond donors (Lipinski definition) is 2. The molecule has 2 aliphatic rings. The van der Waals surface area contributed by atoms with Crippen LogP contribution in [0.1, 0.15) is 38.5 Å². The van der Waals surface area contributed by atoms with Gasteiger partial charge in [-0.2, -0.15) is 0 Å². The summed E-state index contributed by atoms with van der Waals surface area (Å²) in [5, 5.41) is 13.0. The fourth-order valence-corrected chi connectivity index (χ4v) is 2.71. The summed E-state index contributed by atoms with van der Waals surface area (Å²) in [7, 11) is 0. The summed E-state index contributed by atoms with van der Waals surface area (Å²) in [6.07, 6.45) is 7.04. The monoisotopic (exact) mass is 243 g/mol. The van der Waals surface area contributed by atoms with E-state index in [1.807, 2.05) is 0 Å². The summed E-state index contributed by atoms with van der Waals surface area (Å²) in [6, 6.07) is 0. The molecule has 0 aliphatic carbocycles. The molecule has 2 fully saturated rings. The maximum Gasteiger partial charge on any atom is 0.0615 e. The molecule has 2 saturated heterocycles. The highest BCUT2D eigenvalue weighted by atomic mass is 16.5. The van der Waals surface area contributed by atoms with E-state index < -0.39 is 0 Å². The van der Waals surface area contributed by atoms with Crippen molar-refractivity contribution in [2.45, 2.75) is 50.2 Å². The standard InChI is InChI=1S/C13H25NO3/c15-11-13(5-9-16-10-6-13)14-7-1-3-12-4-2-8-17-12/h12,14-15H,1-11H2. The molecule has 2 aliphatic heterocycles. The number of rotatable bonds is 6. The Morgan fingerprint density at radius 3 is 2.71 bits per heavy atom. The lowest BCUT2D eigenvalue weighted by Gasteiger charge is -2.36. The third-order valence-electron chi connectivity index (χ3n) is 3.98. The topological polar surface area (TPSA) is 50.7 Å². The van der Waals surface area contributed by atoms with E-state index in [2.05, 4.69) is 5.32 Å². The fourth-order valence-electron chi connectivity index (χ4n) is 2.71. The second-order valence-corrected chi connectivity index (χ2v) is 5.25. The third-order valence-corrected chi connectivity index (χ3v) is 3.98. The molecule has 100 valence electrons. The molecule has 0 amide bonds. The second kappa shape index (κ2) is 6.69. The fraction of sp³-hybridized carbons (Fsp3) is 1.00. The van der Waals surface area contributed by atoms with Crippen LogP contribution in [0.4, 0.5) is 0 Å². The summed E-state index contributed by atoms with van der Waals surface area (Å²) in [6.45, 7) is 3.66. The largest absolute Gasteiger partial charge is 0.394 e. The number of aliphatic hydroxyl groups excluding tert-OH is 1. The molecule has 0 aromatic carbocycles. The number of nitrogens with one attached hydrogen (secondary N) is 1. The minimum atomic E-state index is -0.0885. The van der Waals surface area contributed by atoms with Crippen LogP contribution in [0.2, 0.25) is 0 Å². The Hall–Kier alpha value is -0.160. The van der Waals surface area contributed by atoms with E-state index >= 15 is 0 Å². The van der Waals surface area contributed by atoms with Gasteiger partial charge in [-0.1, -0.05) is 0 Å². The van der Waals surface area contributed by atoms with Crippen LogP contribution in [0.25, 0.3) is 0 Å². The van der Waals surface area contributed by atoms with Crippen LogP contribution in [-0.4, -0.2) is 49.7 Å². The van der Waals surface area contributed by atoms with E-state index in [0.717, 1.165) is 52.0 Å². The van der Waals surface area contributed by atoms with Crippen molar-refractivity contribution in [2.24, 2.45) is 0 Å². The van der Waals surface area contributed by atoms with Gasteiger partial charge in [0.1, 0.15) is 0 Å². The molecule has 2 N–H and O–H groups in total. The minimum absolute atomic E-state index is 0.0885. The van der Waals surface area contributed by atoms with Crippen LogP contribution < -0.4 is 5.32 Å². The molecule has 2 heterocycles. The minimum Gasteiger partial charge on any atom is -0.394 e. The van der Waals surface area contributed by atoms with Crippen LogP contribution in [0.15, 0.2) is 0 Å². The smallest absolute Gasteiger partial charge is 0.0615 e. The van der Waals surface area contributed by atoms with Gasteiger partial charge in [0.15, 0.2) is 0 Å². The molecule has 0 saturated carbocycles. The first-order valence-corrected chi connectivity index (χ1v) is 6.90. The van der Waals surface area contributed by atoms with Crippen molar-refractivity contribution >= 4 is 0 Å². The normalized spacial score (nSPS) is 28.4. The van der Waals surface area contributed by atoms with Crippen molar-refractivity contribution in [3.05, 3.63) is 0 Å². The van der Waals surface area contributed by atoms with Crippen molar-refractivity contribution < 1.29 is 14.6 Å². The highest BCUT2D eigenvalue weighted by Gasteiger charge is 2.31. The van der Waals surface area contributed by atoms with E-state index in [4.69, 9.17) is 9.47 Å². The molecular weight excluding hydrogens is 218 g/mol. The molecule has 17 heavy (non-hydrogen) atoms. The van der Waals surface area contributed by atoms with Gasteiger partial charge in [0, 0.05) is 25.4 Å². The molecule has 4 nitrogen and oxygen atoms in total. The van der Waals surface area contributed by atoms with Gasteiger partial charge in [-0.05, 0) is 45.1 Å². The average molecular weight is 243 g/mol. The Bertz CT molecular complexity index is 211. The second-order valence-electron chi connectivity index (χ2n) is 5.25. The highest BCUT2D eigenvalue weighted by molar-refractivity contribution is 4.89. The van der Waals surface area contributed by atoms with Crippen molar-refractivity contribution in [1.29, 1.82) is 0 Å². The summed E-state index contributed by atoms with van der Waals surface area (Å²) >= 11 is 0. The van der Waals surface area contributed by atoms with Gasteiger partial charge in [-0.25, -0.2) is 0 Å². The Labute approximate surface area is 104 Å². The molecule has 0 spiro atoms. The van der Waals surface area contributed by atoms with Crippen LogP contribution >= 0.6 is 0 Å². The Kier molecular flexibility index (Phi) is 5.22. The summed E-state index contributed by atoms with van der Waals surface area (Å²) < 4.78 is 10.9. The Morgan fingerprint density at radius 2 is 2.06 bits per heavy atom. The lowest BCUT2D eigenvalue weighted by atomic mass is 9.91. The van der Waals surface area contributed by atoms with Gasteiger partial charge in [0.05, 0.1) is 12.7 Å². The first-order valence-electron chi connectivity index (χ1n) is 6.90. The van der Waals surface area contributed by atoms with Crippen molar-refractivity contribution in [1.82, 2.24) is 5.32 Å². The van der Waals surface area contributed by atoms with Gasteiger partial charge >= 0.3 is 0 Å². The lowest BCUT2D eigenvalue weighted by Crippen LogP contribution is -2.52. The van der Waals surface area contributed by atoms with Crippen molar-refractivity contribution in [3.63, 3.8) is 0 Å². The van der Waals surface area contributed by atoms with Crippen LogP contribution in [-0.2, 0) is 9.47 Å². The van der Waals surface area contributed by atoms with E-state index in [1.54, 1.807) is 0 Å². The molecule has 2 rings (SSSR count). The molecule has 1 atom stereocenters. The van der Waals surface area contributed by atoms with E-state index in [0.29, 0.717) is 6.10 Å². The van der Waals surface area contributed by atoms with Gasteiger partial charge in [0.2, 0.25) is 0 Å².